The number of benzene rings is 1. The lowest BCUT2D eigenvalue weighted by atomic mass is 10.2. The number of amides is 1. The molecular weight excluding hydrogens is 274 g/mol. The van der Waals surface area contributed by atoms with Gasteiger partial charge in [0.25, 0.3) is 0 Å². The molecule has 0 atom stereocenters. The molecule has 1 amide bonds. The molecule has 1 heterocycles. The van der Waals surface area contributed by atoms with E-state index in [4.69, 9.17) is 21.0 Å². The van der Waals surface area contributed by atoms with Gasteiger partial charge in [0.05, 0.1) is 0 Å². The summed E-state index contributed by atoms with van der Waals surface area (Å²) < 4.78 is 5.52. The van der Waals surface area contributed by atoms with E-state index in [1.807, 2.05) is 0 Å². The SMILES string of the molecule is Cc1cc(Oc2ccc(C(=N)N)cc2)nc(NC(=O)O)n1. The fourth-order valence-corrected chi connectivity index (χ4v) is 1.57. The van der Waals surface area contributed by atoms with E-state index in [2.05, 4.69) is 15.3 Å². The summed E-state index contributed by atoms with van der Waals surface area (Å²) in [6.45, 7) is 1.69. The molecule has 0 aliphatic carbocycles. The van der Waals surface area contributed by atoms with Crippen LogP contribution in [-0.4, -0.2) is 27.0 Å². The lowest BCUT2D eigenvalue weighted by molar-refractivity contribution is 0.209. The number of hydrogen-bond acceptors (Lipinski definition) is 5. The molecule has 2 aromatic rings. The van der Waals surface area contributed by atoms with Crippen LogP contribution in [-0.2, 0) is 0 Å². The summed E-state index contributed by atoms with van der Waals surface area (Å²) in [7, 11) is 0. The van der Waals surface area contributed by atoms with Crippen molar-refractivity contribution in [2.75, 3.05) is 5.32 Å². The lowest BCUT2D eigenvalue weighted by Crippen LogP contribution is -2.11. The van der Waals surface area contributed by atoms with Gasteiger partial charge in [0.2, 0.25) is 11.8 Å². The summed E-state index contributed by atoms with van der Waals surface area (Å²) in [5, 5.41) is 18.0. The summed E-state index contributed by atoms with van der Waals surface area (Å²) in [5.41, 5.74) is 6.50. The van der Waals surface area contributed by atoms with Gasteiger partial charge in [-0.1, -0.05) is 0 Å². The fraction of sp³-hybridized carbons (Fsp3) is 0.0769. The van der Waals surface area contributed by atoms with Gasteiger partial charge in [0.15, 0.2) is 0 Å². The van der Waals surface area contributed by atoms with Gasteiger partial charge < -0.3 is 15.6 Å². The number of nitrogens with two attached hydrogens (primary N) is 1. The zero-order chi connectivity index (χ0) is 15.4. The Kier molecular flexibility index (Phi) is 3.98. The monoisotopic (exact) mass is 287 g/mol. The molecular formula is C13H13N5O3. The Balaban J connectivity index is 2.20. The Hall–Kier alpha value is -3.16. The molecule has 0 radical (unpaired) electrons. The average molecular weight is 287 g/mol. The van der Waals surface area contributed by atoms with Crippen molar-refractivity contribution >= 4 is 17.9 Å². The van der Waals surface area contributed by atoms with E-state index in [1.165, 1.54) is 0 Å². The van der Waals surface area contributed by atoms with Gasteiger partial charge >= 0.3 is 6.09 Å². The van der Waals surface area contributed by atoms with Crippen LogP contribution in [0.3, 0.4) is 0 Å². The molecule has 8 heteroatoms. The number of aryl methyl sites for hydroxylation is 1. The number of carboxylic acid groups (broad SMARTS) is 1. The van der Waals surface area contributed by atoms with Crippen molar-refractivity contribution in [3.05, 3.63) is 41.6 Å². The van der Waals surface area contributed by atoms with Gasteiger partial charge in [0.1, 0.15) is 11.6 Å². The molecule has 0 unspecified atom stereocenters. The Morgan fingerprint density at radius 1 is 1.33 bits per heavy atom. The number of aromatic nitrogens is 2. The Bertz CT molecular complexity index is 685. The zero-order valence-corrected chi connectivity index (χ0v) is 11.1. The van der Waals surface area contributed by atoms with Crippen molar-refractivity contribution in [3.63, 3.8) is 0 Å². The van der Waals surface area contributed by atoms with Crippen LogP contribution in [0.4, 0.5) is 10.7 Å². The van der Waals surface area contributed by atoms with Gasteiger partial charge in [0, 0.05) is 17.3 Å². The molecule has 2 rings (SSSR count). The number of rotatable bonds is 4. The fourth-order valence-electron chi connectivity index (χ4n) is 1.57. The minimum atomic E-state index is -1.25. The predicted octanol–water partition coefficient (Wildman–Crippen LogP) is 1.95. The molecule has 0 fully saturated rings. The molecule has 0 saturated heterocycles. The number of anilines is 1. The third kappa shape index (κ3) is 3.90. The molecule has 0 bridgehead atoms. The predicted molar refractivity (Wildman–Crippen MR) is 75.9 cm³/mol. The van der Waals surface area contributed by atoms with E-state index >= 15 is 0 Å². The van der Waals surface area contributed by atoms with Gasteiger partial charge in [-0.2, -0.15) is 4.98 Å². The summed E-state index contributed by atoms with van der Waals surface area (Å²) in [5.74, 6) is 0.603. The van der Waals surface area contributed by atoms with Crippen LogP contribution in [0, 0.1) is 12.3 Å². The summed E-state index contributed by atoms with van der Waals surface area (Å²) in [6.07, 6.45) is -1.25. The number of nitrogens with zero attached hydrogens (tertiary/aromatic N) is 2. The van der Waals surface area contributed by atoms with Gasteiger partial charge in [-0.05, 0) is 31.2 Å². The molecule has 8 nitrogen and oxygen atoms in total. The molecule has 1 aromatic heterocycles. The molecule has 1 aromatic carbocycles. The Labute approximate surface area is 120 Å². The first-order valence-electron chi connectivity index (χ1n) is 5.92. The minimum Gasteiger partial charge on any atom is -0.465 e. The van der Waals surface area contributed by atoms with Crippen LogP contribution in [0.2, 0.25) is 0 Å². The topological polar surface area (TPSA) is 134 Å². The number of hydrogen-bond donors (Lipinski definition) is 4. The largest absolute Gasteiger partial charge is 0.465 e. The van der Waals surface area contributed by atoms with Crippen LogP contribution in [0.25, 0.3) is 0 Å². The zero-order valence-electron chi connectivity index (χ0n) is 11.1. The maximum atomic E-state index is 10.6. The molecule has 0 spiro atoms. The number of amidine groups is 1. The van der Waals surface area contributed by atoms with Gasteiger partial charge in [-0.25, -0.2) is 9.78 Å². The molecule has 108 valence electrons. The second-order valence-electron chi connectivity index (χ2n) is 4.14. The molecule has 0 saturated carbocycles. The molecule has 5 N–H and O–H groups in total. The molecule has 0 aliphatic rings. The molecule has 21 heavy (non-hydrogen) atoms. The van der Waals surface area contributed by atoms with E-state index in [1.54, 1.807) is 37.3 Å². The maximum absolute atomic E-state index is 10.6. The van der Waals surface area contributed by atoms with Gasteiger partial charge in [-0.3, -0.25) is 10.7 Å². The van der Waals surface area contributed by atoms with Gasteiger partial charge in [-0.15, -0.1) is 0 Å². The number of carbonyl (C=O) groups is 1. The number of nitrogens with one attached hydrogen (secondary N) is 2. The first-order valence-corrected chi connectivity index (χ1v) is 5.92. The van der Waals surface area contributed by atoms with E-state index in [0.29, 0.717) is 17.0 Å². The third-order valence-corrected chi connectivity index (χ3v) is 2.44. The highest BCUT2D eigenvalue weighted by Gasteiger charge is 2.07. The second-order valence-corrected chi connectivity index (χ2v) is 4.14. The van der Waals surface area contributed by atoms with Crippen molar-refractivity contribution in [3.8, 4) is 11.6 Å². The summed E-state index contributed by atoms with van der Waals surface area (Å²) in [4.78, 5) is 18.4. The van der Waals surface area contributed by atoms with Crippen molar-refractivity contribution in [1.29, 1.82) is 5.41 Å². The number of ether oxygens (including phenoxy) is 1. The normalized spacial score (nSPS) is 9.95. The summed E-state index contributed by atoms with van der Waals surface area (Å²) in [6, 6.07) is 8.13. The average Bonchev–Trinajstić information content (AvgIpc) is 2.37. The van der Waals surface area contributed by atoms with Crippen molar-refractivity contribution in [2.24, 2.45) is 5.73 Å². The number of nitrogen functional groups attached to an aromatic ring is 1. The minimum absolute atomic E-state index is 0.0348. The van der Waals surface area contributed by atoms with Crippen molar-refractivity contribution < 1.29 is 14.6 Å². The van der Waals surface area contributed by atoms with E-state index in [0.717, 1.165) is 0 Å². The van der Waals surface area contributed by atoms with E-state index < -0.39 is 6.09 Å². The first-order chi connectivity index (χ1) is 9.94. The third-order valence-electron chi connectivity index (χ3n) is 2.44. The highest BCUT2D eigenvalue weighted by Crippen LogP contribution is 2.21. The van der Waals surface area contributed by atoms with Crippen LogP contribution in [0.5, 0.6) is 11.6 Å². The second kappa shape index (κ2) is 5.87. The summed E-state index contributed by atoms with van der Waals surface area (Å²) >= 11 is 0. The Morgan fingerprint density at radius 2 is 2.00 bits per heavy atom. The highest BCUT2D eigenvalue weighted by molar-refractivity contribution is 5.94. The van der Waals surface area contributed by atoms with Crippen LogP contribution in [0.15, 0.2) is 30.3 Å². The Morgan fingerprint density at radius 3 is 2.57 bits per heavy atom. The quantitative estimate of drug-likeness (QED) is 0.501. The maximum Gasteiger partial charge on any atom is 0.411 e. The lowest BCUT2D eigenvalue weighted by Gasteiger charge is -2.08. The first kappa shape index (κ1) is 14.3. The van der Waals surface area contributed by atoms with E-state index in [-0.39, 0.29) is 17.7 Å². The van der Waals surface area contributed by atoms with Crippen molar-refractivity contribution in [2.45, 2.75) is 6.92 Å². The smallest absolute Gasteiger partial charge is 0.411 e. The van der Waals surface area contributed by atoms with Crippen LogP contribution < -0.4 is 15.8 Å². The van der Waals surface area contributed by atoms with Crippen LogP contribution >= 0.6 is 0 Å². The standard InChI is InChI=1S/C13H13N5O3/c1-7-6-10(17-12(16-7)18-13(19)20)21-9-4-2-8(3-5-9)11(14)15/h2-6H,1H3,(H3,14,15)(H,19,20)(H,16,17,18). The highest BCUT2D eigenvalue weighted by atomic mass is 16.5. The van der Waals surface area contributed by atoms with Crippen LogP contribution in [0.1, 0.15) is 11.3 Å². The molecule has 0 aliphatic heterocycles. The van der Waals surface area contributed by atoms with E-state index in [9.17, 15) is 4.79 Å². The van der Waals surface area contributed by atoms with Crippen molar-refractivity contribution in [1.82, 2.24) is 9.97 Å².